The van der Waals surface area contributed by atoms with Crippen LogP contribution in [-0.4, -0.2) is 50.7 Å². The van der Waals surface area contributed by atoms with Gasteiger partial charge in [-0.05, 0) is 61.9 Å². The molecule has 1 aromatic carbocycles. The topological polar surface area (TPSA) is 65.5 Å². The highest BCUT2D eigenvalue weighted by Gasteiger charge is 2.22. The second kappa shape index (κ2) is 8.05. The predicted octanol–water partition coefficient (Wildman–Crippen LogP) is 2.55. The van der Waals surface area contributed by atoms with Gasteiger partial charge in [0.2, 0.25) is 10.0 Å². The maximum Gasteiger partial charge on any atom is 0.229 e. The Balaban J connectivity index is 1.53. The average Bonchev–Trinajstić information content (AvgIpc) is 2.62. The van der Waals surface area contributed by atoms with Crippen molar-refractivity contribution in [2.75, 3.05) is 36.0 Å². The number of benzene rings is 1. The predicted molar refractivity (Wildman–Crippen MR) is 106 cm³/mol. The summed E-state index contributed by atoms with van der Waals surface area (Å²) in [5.41, 5.74) is 3.03. The molecule has 0 bridgehead atoms. The minimum atomic E-state index is -3.23. The molecule has 0 unspecified atom stereocenters. The molecule has 6 nitrogen and oxygen atoms in total. The van der Waals surface area contributed by atoms with Gasteiger partial charge in [-0.3, -0.25) is 14.6 Å². The Kier molecular flexibility index (Phi) is 5.78. The lowest BCUT2D eigenvalue weighted by molar-refractivity contribution is 0.200. The van der Waals surface area contributed by atoms with E-state index in [-0.39, 0.29) is 0 Å². The lowest BCUT2D eigenvalue weighted by Crippen LogP contribution is -2.43. The highest BCUT2D eigenvalue weighted by molar-refractivity contribution is 7.92. The maximum absolute atomic E-state index is 11.3. The molecule has 0 aliphatic carbocycles. The van der Waals surface area contributed by atoms with Crippen molar-refractivity contribution in [3.63, 3.8) is 0 Å². The molecule has 2 aromatic rings. The van der Waals surface area contributed by atoms with Crippen molar-refractivity contribution in [3.05, 3.63) is 54.4 Å². The van der Waals surface area contributed by atoms with E-state index in [1.807, 2.05) is 36.7 Å². The first-order valence-electron chi connectivity index (χ1n) is 8.83. The highest BCUT2D eigenvalue weighted by atomic mass is 32.2. The van der Waals surface area contributed by atoms with E-state index in [1.165, 1.54) is 5.56 Å². The van der Waals surface area contributed by atoms with Crippen LogP contribution in [0.5, 0.6) is 0 Å². The summed E-state index contributed by atoms with van der Waals surface area (Å²) in [6, 6.07) is 12.3. The Bertz CT molecular complexity index is 801. The Morgan fingerprint density at radius 2 is 1.73 bits per heavy atom. The number of aromatic nitrogens is 1. The lowest BCUT2D eigenvalue weighted by Gasteiger charge is -2.38. The normalized spacial score (nSPS) is 16.0. The summed E-state index contributed by atoms with van der Waals surface area (Å²) in [5, 5.41) is 0. The van der Waals surface area contributed by atoms with E-state index >= 15 is 0 Å². The summed E-state index contributed by atoms with van der Waals surface area (Å²) in [6.07, 6.45) is 7.08. The molecule has 0 spiro atoms. The van der Waals surface area contributed by atoms with Crippen LogP contribution in [0.4, 0.5) is 11.4 Å². The van der Waals surface area contributed by atoms with Gasteiger partial charge in [0, 0.05) is 49.4 Å². The third-order valence-electron chi connectivity index (χ3n) is 4.80. The largest absolute Gasteiger partial charge is 0.371 e. The van der Waals surface area contributed by atoms with Gasteiger partial charge in [0.1, 0.15) is 0 Å². The first-order valence-corrected chi connectivity index (χ1v) is 10.7. The Labute approximate surface area is 155 Å². The number of rotatable bonds is 6. The molecule has 1 aliphatic rings. The highest BCUT2D eigenvalue weighted by Crippen LogP contribution is 2.24. The van der Waals surface area contributed by atoms with E-state index in [9.17, 15) is 8.42 Å². The number of piperidine rings is 1. The van der Waals surface area contributed by atoms with Gasteiger partial charge in [-0.15, -0.1) is 0 Å². The van der Waals surface area contributed by atoms with Gasteiger partial charge < -0.3 is 4.90 Å². The molecule has 1 aromatic heterocycles. The van der Waals surface area contributed by atoms with Gasteiger partial charge in [0.05, 0.1) is 6.26 Å². The maximum atomic E-state index is 11.3. The van der Waals surface area contributed by atoms with E-state index in [0.29, 0.717) is 11.7 Å². The molecule has 0 amide bonds. The zero-order chi connectivity index (χ0) is 18.6. The fraction of sp³-hybridized carbons (Fsp3) is 0.421. The van der Waals surface area contributed by atoms with Crippen LogP contribution in [-0.2, 0) is 16.6 Å². The SMILES string of the molecule is CN(Cc1ccncc1)C1CCN(c2ccc(NS(C)(=O)=O)cc2)CC1. The average molecular weight is 375 g/mol. The second-order valence-corrected chi connectivity index (χ2v) is 8.66. The molecule has 3 rings (SSSR count). The molecule has 2 heterocycles. The molecule has 1 aliphatic heterocycles. The van der Waals surface area contributed by atoms with Crippen molar-refractivity contribution in [3.8, 4) is 0 Å². The van der Waals surface area contributed by atoms with Crippen LogP contribution in [0, 0.1) is 0 Å². The summed E-state index contributed by atoms with van der Waals surface area (Å²) in [6.45, 7) is 2.95. The van der Waals surface area contributed by atoms with Crippen molar-refractivity contribution in [2.45, 2.75) is 25.4 Å². The van der Waals surface area contributed by atoms with E-state index in [4.69, 9.17) is 0 Å². The second-order valence-electron chi connectivity index (χ2n) is 6.91. The van der Waals surface area contributed by atoms with E-state index in [2.05, 4.69) is 38.7 Å². The number of nitrogens with zero attached hydrogens (tertiary/aromatic N) is 3. The zero-order valence-electron chi connectivity index (χ0n) is 15.3. The fourth-order valence-electron chi connectivity index (χ4n) is 3.42. The zero-order valence-corrected chi connectivity index (χ0v) is 16.1. The van der Waals surface area contributed by atoms with Crippen LogP contribution < -0.4 is 9.62 Å². The number of anilines is 2. The van der Waals surface area contributed by atoms with Crippen LogP contribution in [0.2, 0.25) is 0 Å². The number of hydrogen-bond acceptors (Lipinski definition) is 5. The standard InChI is InChI=1S/C19H26N4O2S/c1-22(15-16-7-11-20-12-8-16)18-9-13-23(14-10-18)19-5-3-17(4-6-19)21-26(2,24)25/h3-8,11-12,18,21H,9-10,13-15H2,1-2H3. The number of nitrogens with one attached hydrogen (secondary N) is 1. The van der Waals surface area contributed by atoms with Crippen molar-refractivity contribution in [1.29, 1.82) is 0 Å². The van der Waals surface area contributed by atoms with Gasteiger partial charge in [-0.25, -0.2) is 8.42 Å². The van der Waals surface area contributed by atoms with Crippen molar-refractivity contribution < 1.29 is 8.42 Å². The Hall–Kier alpha value is -2.12. The minimum absolute atomic E-state index is 0.575. The smallest absolute Gasteiger partial charge is 0.229 e. The van der Waals surface area contributed by atoms with Gasteiger partial charge in [0.25, 0.3) is 0 Å². The summed E-state index contributed by atoms with van der Waals surface area (Å²) in [7, 11) is -1.04. The van der Waals surface area contributed by atoms with Crippen molar-refractivity contribution in [1.82, 2.24) is 9.88 Å². The Morgan fingerprint density at radius 3 is 2.31 bits per heavy atom. The van der Waals surface area contributed by atoms with Crippen LogP contribution in [0.25, 0.3) is 0 Å². The third-order valence-corrected chi connectivity index (χ3v) is 5.41. The number of hydrogen-bond donors (Lipinski definition) is 1. The molecule has 1 fully saturated rings. The molecular formula is C19H26N4O2S. The molecule has 1 saturated heterocycles. The number of pyridine rings is 1. The molecule has 0 saturated carbocycles. The van der Waals surface area contributed by atoms with Crippen molar-refractivity contribution >= 4 is 21.4 Å². The minimum Gasteiger partial charge on any atom is -0.371 e. The molecule has 0 atom stereocenters. The lowest BCUT2D eigenvalue weighted by atomic mass is 10.0. The fourth-order valence-corrected chi connectivity index (χ4v) is 3.99. The summed E-state index contributed by atoms with van der Waals surface area (Å²) >= 11 is 0. The van der Waals surface area contributed by atoms with E-state index in [1.54, 1.807) is 0 Å². The quantitative estimate of drug-likeness (QED) is 0.842. The van der Waals surface area contributed by atoms with Crippen LogP contribution in [0.15, 0.2) is 48.8 Å². The van der Waals surface area contributed by atoms with Gasteiger partial charge in [-0.2, -0.15) is 0 Å². The monoisotopic (exact) mass is 374 g/mol. The number of sulfonamides is 1. The van der Waals surface area contributed by atoms with Crippen LogP contribution in [0.1, 0.15) is 18.4 Å². The summed E-state index contributed by atoms with van der Waals surface area (Å²) < 4.78 is 25.1. The molecule has 1 N–H and O–H groups in total. The van der Waals surface area contributed by atoms with Crippen LogP contribution >= 0.6 is 0 Å². The molecule has 0 radical (unpaired) electrons. The van der Waals surface area contributed by atoms with Gasteiger partial charge >= 0.3 is 0 Å². The molecule has 26 heavy (non-hydrogen) atoms. The molecule has 7 heteroatoms. The van der Waals surface area contributed by atoms with Crippen LogP contribution in [0.3, 0.4) is 0 Å². The van der Waals surface area contributed by atoms with E-state index in [0.717, 1.165) is 44.4 Å². The third kappa shape index (κ3) is 5.19. The molecular weight excluding hydrogens is 348 g/mol. The van der Waals surface area contributed by atoms with Gasteiger partial charge in [-0.1, -0.05) is 0 Å². The van der Waals surface area contributed by atoms with Gasteiger partial charge in [0.15, 0.2) is 0 Å². The van der Waals surface area contributed by atoms with E-state index < -0.39 is 10.0 Å². The molecule has 140 valence electrons. The summed E-state index contributed by atoms with van der Waals surface area (Å²) in [5.74, 6) is 0. The first kappa shape index (κ1) is 18.7. The summed E-state index contributed by atoms with van der Waals surface area (Å²) in [4.78, 5) is 8.86. The van der Waals surface area contributed by atoms with Crippen molar-refractivity contribution in [2.24, 2.45) is 0 Å². The first-order chi connectivity index (χ1) is 12.4. The Morgan fingerprint density at radius 1 is 1.12 bits per heavy atom.